The summed E-state index contributed by atoms with van der Waals surface area (Å²) in [6, 6.07) is 11.7. The monoisotopic (exact) mass is 536 g/mol. The molecule has 186 valence electrons. The molecule has 1 aliphatic rings. The van der Waals surface area contributed by atoms with Crippen LogP contribution in [-0.4, -0.2) is 53.9 Å². The third kappa shape index (κ3) is 7.02. The van der Waals surface area contributed by atoms with E-state index in [9.17, 15) is 13.2 Å². The molecule has 0 bridgehead atoms. The number of likely N-dealkylation sites (tertiary alicyclic amines) is 1. The Bertz CT molecular complexity index is 1290. The molecule has 0 aliphatic carbocycles. The molecule has 0 spiro atoms. The topological polar surface area (TPSA) is 123 Å². The maximum absolute atomic E-state index is 12.5. The fraction of sp³-hybridized carbons (Fsp3) is 0.348. The van der Waals surface area contributed by atoms with Crippen molar-refractivity contribution < 1.29 is 13.2 Å². The van der Waals surface area contributed by atoms with Crippen LogP contribution in [0.5, 0.6) is 0 Å². The fourth-order valence-corrected chi connectivity index (χ4v) is 4.98. The number of aromatic nitrogens is 3. The minimum atomic E-state index is -3.74. The standard InChI is InChI=1S/C23H26Cl2N6O3S/c24-19-4-3-18(21(25)11-19)15-30-9-7-16(8-10-30)12-27-23(32)22-13-28-31(29-22)14-17-1-5-20(6-2-17)35(26,33)34/h1-6,11,13,16H,7-10,12,14-15H2,(H,27,32)(H2,26,33,34). The number of piperidine rings is 1. The number of nitrogens with one attached hydrogen (secondary N) is 1. The number of sulfonamides is 1. The second-order valence-electron chi connectivity index (χ2n) is 8.61. The number of amides is 1. The van der Waals surface area contributed by atoms with Gasteiger partial charge in [0.2, 0.25) is 10.0 Å². The Kier molecular flexibility index (Phi) is 8.08. The zero-order valence-corrected chi connectivity index (χ0v) is 21.2. The molecule has 2 heterocycles. The highest BCUT2D eigenvalue weighted by Crippen LogP contribution is 2.24. The van der Waals surface area contributed by atoms with Gasteiger partial charge in [0, 0.05) is 23.1 Å². The first-order valence-electron chi connectivity index (χ1n) is 11.1. The predicted octanol–water partition coefficient (Wildman–Crippen LogP) is 2.92. The Hall–Kier alpha value is -2.50. The lowest BCUT2D eigenvalue weighted by atomic mass is 9.96. The van der Waals surface area contributed by atoms with Gasteiger partial charge >= 0.3 is 0 Å². The molecule has 2 aromatic carbocycles. The van der Waals surface area contributed by atoms with Crippen molar-refractivity contribution in [2.45, 2.75) is 30.8 Å². The van der Waals surface area contributed by atoms with Crippen LogP contribution in [0.2, 0.25) is 10.0 Å². The quantitative estimate of drug-likeness (QED) is 0.456. The Morgan fingerprint density at radius 3 is 2.46 bits per heavy atom. The molecule has 0 atom stereocenters. The average molecular weight is 537 g/mol. The fourth-order valence-electron chi connectivity index (χ4n) is 3.99. The normalized spacial score (nSPS) is 15.3. The third-order valence-electron chi connectivity index (χ3n) is 6.01. The van der Waals surface area contributed by atoms with Crippen LogP contribution < -0.4 is 10.5 Å². The molecule has 35 heavy (non-hydrogen) atoms. The number of carbonyl (C=O) groups excluding carboxylic acids is 1. The average Bonchev–Trinajstić information content (AvgIpc) is 3.28. The van der Waals surface area contributed by atoms with Gasteiger partial charge in [0.25, 0.3) is 5.91 Å². The van der Waals surface area contributed by atoms with Crippen molar-refractivity contribution in [3.63, 3.8) is 0 Å². The van der Waals surface area contributed by atoms with Gasteiger partial charge in [0.15, 0.2) is 5.69 Å². The van der Waals surface area contributed by atoms with Crippen LogP contribution >= 0.6 is 23.2 Å². The summed E-state index contributed by atoms with van der Waals surface area (Å²) in [5, 5.41) is 17.8. The lowest BCUT2D eigenvalue weighted by molar-refractivity contribution is 0.0929. The van der Waals surface area contributed by atoms with E-state index in [2.05, 4.69) is 20.4 Å². The summed E-state index contributed by atoms with van der Waals surface area (Å²) in [5.41, 5.74) is 2.08. The van der Waals surface area contributed by atoms with Crippen molar-refractivity contribution in [1.29, 1.82) is 0 Å². The van der Waals surface area contributed by atoms with Crippen LogP contribution in [0.25, 0.3) is 0 Å². The minimum Gasteiger partial charge on any atom is -0.350 e. The Morgan fingerprint density at radius 2 is 1.80 bits per heavy atom. The van der Waals surface area contributed by atoms with Crippen LogP contribution in [0.4, 0.5) is 0 Å². The summed E-state index contributed by atoms with van der Waals surface area (Å²) in [6.07, 6.45) is 3.38. The summed E-state index contributed by atoms with van der Waals surface area (Å²) >= 11 is 12.3. The van der Waals surface area contributed by atoms with E-state index in [0.29, 0.717) is 29.1 Å². The SMILES string of the molecule is NS(=O)(=O)c1ccc(Cn2ncc(C(=O)NCC3CCN(Cc4ccc(Cl)cc4Cl)CC3)n2)cc1. The molecule has 1 amide bonds. The van der Waals surface area contributed by atoms with Gasteiger partial charge in [-0.15, -0.1) is 5.10 Å². The highest BCUT2D eigenvalue weighted by atomic mass is 35.5. The number of hydrogen-bond acceptors (Lipinski definition) is 6. The van der Waals surface area contributed by atoms with E-state index >= 15 is 0 Å². The van der Waals surface area contributed by atoms with Gasteiger partial charge in [-0.3, -0.25) is 9.69 Å². The van der Waals surface area contributed by atoms with E-state index in [4.69, 9.17) is 28.3 Å². The van der Waals surface area contributed by atoms with Crippen LogP contribution in [0.3, 0.4) is 0 Å². The number of primary sulfonamides is 1. The van der Waals surface area contributed by atoms with E-state index < -0.39 is 10.0 Å². The van der Waals surface area contributed by atoms with Crippen molar-refractivity contribution in [1.82, 2.24) is 25.2 Å². The first kappa shape index (κ1) is 25.6. The Balaban J connectivity index is 1.22. The molecule has 3 aromatic rings. The van der Waals surface area contributed by atoms with Crippen LogP contribution in [-0.2, 0) is 23.1 Å². The minimum absolute atomic E-state index is 0.0364. The Labute approximate surface area is 214 Å². The number of nitrogens with zero attached hydrogens (tertiary/aromatic N) is 4. The lowest BCUT2D eigenvalue weighted by Gasteiger charge is -2.32. The second kappa shape index (κ2) is 11.0. The van der Waals surface area contributed by atoms with Crippen molar-refractivity contribution in [2.24, 2.45) is 11.1 Å². The predicted molar refractivity (Wildman–Crippen MR) is 134 cm³/mol. The van der Waals surface area contributed by atoms with Crippen molar-refractivity contribution in [3.05, 3.63) is 75.5 Å². The van der Waals surface area contributed by atoms with E-state index in [1.165, 1.54) is 23.1 Å². The number of hydrogen-bond donors (Lipinski definition) is 2. The summed E-state index contributed by atoms with van der Waals surface area (Å²) in [7, 11) is -3.74. The van der Waals surface area contributed by atoms with Crippen molar-refractivity contribution in [2.75, 3.05) is 19.6 Å². The van der Waals surface area contributed by atoms with Crippen molar-refractivity contribution >= 4 is 39.1 Å². The van der Waals surface area contributed by atoms with E-state index in [1.807, 2.05) is 12.1 Å². The number of halogens is 2. The molecule has 1 aliphatic heterocycles. The molecule has 9 nitrogen and oxygen atoms in total. The molecular weight excluding hydrogens is 511 g/mol. The molecule has 0 saturated carbocycles. The number of nitrogens with two attached hydrogens (primary N) is 1. The van der Waals surface area contributed by atoms with Crippen LogP contribution in [0.1, 0.15) is 34.5 Å². The maximum Gasteiger partial charge on any atom is 0.273 e. The van der Waals surface area contributed by atoms with Gasteiger partial charge in [-0.05, 0) is 67.2 Å². The first-order chi connectivity index (χ1) is 16.7. The summed E-state index contributed by atoms with van der Waals surface area (Å²) in [6.45, 7) is 3.52. The zero-order valence-electron chi connectivity index (χ0n) is 18.9. The summed E-state index contributed by atoms with van der Waals surface area (Å²) < 4.78 is 22.7. The molecule has 12 heteroatoms. The van der Waals surface area contributed by atoms with Gasteiger partial charge < -0.3 is 5.32 Å². The molecule has 0 radical (unpaired) electrons. The molecule has 4 rings (SSSR count). The van der Waals surface area contributed by atoms with E-state index in [-0.39, 0.29) is 16.5 Å². The smallest absolute Gasteiger partial charge is 0.273 e. The zero-order chi connectivity index (χ0) is 25.0. The Morgan fingerprint density at radius 1 is 1.09 bits per heavy atom. The molecule has 0 unspecified atom stereocenters. The molecule has 1 saturated heterocycles. The summed E-state index contributed by atoms with van der Waals surface area (Å²) in [4.78, 5) is 16.3. The van der Waals surface area contributed by atoms with Gasteiger partial charge in [-0.2, -0.15) is 9.90 Å². The number of carbonyl (C=O) groups is 1. The number of rotatable bonds is 8. The molecule has 1 fully saturated rings. The van der Waals surface area contributed by atoms with Gasteiger partial charge in [-0.1, -0.05) is 41.4 Å². The van der Waals surface area contributed by atoms with E-state index in [0.717, 1.165) is 43.6 Å². The highest BCUT2D eigenvalue weighted by Gasteiger charge is 2.21. The number of benzene rings is 2. The highest BCUT2D eigenvalue weighted by molar-refractivity contribution is 7.89. The summed E-state index contributed by atoms with van der Waals surface area (Å²) in [5.74, 6) is 0.125. The van der Waals surface area contributed by atoms with E-state index in [1.54, 1.807) is 18.2 Å². The maximum atomic E-state index is 12.5. The van der Waals surface area contributed by atoms with Gasteiger partial charge in [0.05, 0.1) is 17.6 Å². The molecule has 3 N–H and O–H groups in total. The molecule has 1 aromatic heterocycles. The van der Waals surface area contributed by atoms with Gasteiger partial charge in [0.1, 0.15) is 0 Å². The third-order valence-corrected chi connectivity index (χ3v) is 7.53. The molecular formula is C23H26Cl2N6O3S. The van der Waals surface area contributed by atoms with Crippen LogP contribution in [0.15, 0.2) is 53.6 Å². The lowest BCUT2D eigenvalue weighted by Crippen LogP contribution is -2.38. The largest absolute Gasteiger partial charge is 0.350 e. The van der Waals surface area contributed by atoms with Gasteiger partial charge in [-0.25, -0.2) is 13.6 Å². The van der Waals surface area contributed by atoms with Crippen molar-refractivity contribution in [3.8, 4) is 0 Å². The van der Waals surface area contributed by atoms with Crippen LogP contribution in [0, 0.1) is 5.92 Å². The first-order valence-corrected chi connectivity index (χ1v) is 13.4. The second-order valence-corrected chi connectivity index (χ2v) is 11.0.